The molecular formula is C15H10Cl2N4O2. The smallest absolute Gasteiger partial charge is 0.293 e. The van der Waals surface area contributed by atoms with E-state index in [2.05, 4.69) is 17.1 Å². The van der Waals surface area contributed by atoms with Gasteiger partial charge in [-0.05, 0) is 17.7 Å². The van der Waals surface area contributed by atoms with Crippen molar-refractivity contribution in [2.24, 2.45) is 21.6 Å². The first-order valence-corrected chi connectivity index (χ1v) is 7.66. The van der Waals surface area contributed by atoms with Crippen LogP contribution < -0.4 is 5.73 Å². The van der Waals surface area contributed by atoms with Crippen LogP contribution >= 0.6 is 23.2 Å². The number of hydrogen-bond donors (Lipinski definition) is 1. The van der Waals surface area contributed by atoms with Crippen LogP contribution in [0.1, 0.15) is 11.5 Å². The van der Waals surface area contributed by atoms with Gasteiger partial charge in [0.15, 0.2) is 5.41 Å². The van der Waals surface area contributed by atoms with E-state index < -0.39 is 22.7 Å². The van der Waals surface area contributed by atoms with Crippen molar-refractivity contribution in [1.29, 1.82) is 10.5 Å². The largest absolute Gasteiger partial charge is 0.386 e. The van der Waals surface area contributed by atoms with Gasteiger partial charge in [-0.25, -0.2) is 4.99 Å². The van der Waals surface area contributed by atoms with Crippen LogP contribution in [0.15, 0.2) is 23.2 Å². The molecule has 0 unspecified atom stereocenters. The van der Waals surface area contributed by atoms with Crippen LogP contribution in [0.2, 0.25) is 10.0 Å². The highest BCUT2D eigenvalue weighted by atomic mass is 35.5. The minimum Gasteiger partial charge on any atom is -0.386 e. The number of amidine groups is 1. The third-order valence-corrected chi connectivity index (χ3v) is 5.44. The minimum atomic E-state index is -1.55. The first-order valence-electron chi connectivity index (χ1n) is 6.90. The molecule has 2 fully saturated rings. The number of aliphatic imine (C=N–C) groups is 1. The minimum absolute atomic E-state index is 0.0412. The molecule has 2 heterocycles. The highest BCUT2D eigenvalue weighted by molar-refractivity contribution is 6.35. The predicted octanol–water partition coefficient (Wildman–Crippen LogP) is 2.18. The summed E-state index contributed by atoms with van der Waals surface area (Å²) in [5.74, 6) is -2.10. The molecule has 0 amide bonds. The average Bonchev–Trinajstić information content (AvgIpc) is 2.77. The molecular weight excluding hydrogens is 339 g/mol. The maximum absolute atomic E-state index is 9.92. The predicted molar refractivity (Wildman–Crippen MR) is 81.6 cm³/mol. The molecule has 1 aromatic rings. The lowest BCUT2D eigenvalue weighted by Gasteiger charge is -2.25. The Morgan fingerprint density at radius 3 is 2.48 bits per heavy atom. The van der Waals surface area contributed by atoms with Gasteiger partial charge >= 0.3 is 0 Å². The quantitative estimate of drug-likeness (QED) is 0.837. The molecule has 3 aliphatic rings. The molecule has 1 aliphatic carbocycles. The second-order valence-corrected chi connectivity index (χ2v) is 6.56. The lowest BCUT2D eigenvalue weighted by Crippen LogP contribution is -2.38. The Balaban J connectivity index is 1.95. The number of ether oxygens (including phenoxy) is 2. The maximum Gasteiger partial charge on any atom is 0.293 e. The van der Waals surface area contributed by atoms with Crippen LogP contribution in [0, 0.1) is 33.5 Å². The summed E-state index contributed by atoms with van der Waals surface area (Å²) in [7, 11) is 0. The fraction of sp³-hybridized carbons (Fsp3) is 0.400. The number of nitrogens with zero attached hydrogens (tertiary/aromatic N) is 3. The molecule has 1 spiro atoms. The molecule has 23 heavy (non-hydrogen) atoms. The van der Waals surface area contributed by atoms with Gasteiger partial charge in [0.2, 0.25) is 0 Å². The van der Waals surface area contributed by atoms with Crippen LogP contribution in [0.5, 0.6) is 0 Å². The van der Waals surface area contributed by atoms with Crippen molar-refractivity contribution >= 4 is 29.0 Å². The molecule has 4 rings (SSSR count). The van der Waals surface area contributed by atoms with Gasteiger partial charge in [0.05, 0.1) is 25.4 Å². The number of nitriles is 2. The molecule has 8 heteroatoms. The lowest BCUT2D eigenvalue weighted by atomic mass is 9.94. The third kappa shape index (κ3) is 1.39. The van der Waals surface area contributed by atoms with Crippen LogP contribution in [0.25, 0.3) is 0 Å². The van der Waals surface area contributed by atoms with Crippen molar-refractivity contribution in [1.82, 2.24) is 0 Å². The highest BCUT2D eigenvalue weighted by Gasteiger charge is 2.94. The van der Waals surface area contributed by atoms with Gasteiger partial charge in [0.1, 0.15) is 11.3 Å². The Hall–Kier alpha value is -1.83. The molecule has 1 aromatic carbocycles. The van der Waals surface area contributed by atoms with E-state index in [-0.39, 0.29) is 19.0 Å². The van der Waals surface area contributed by atoms with Crippen LogP contribution in [-0.2, 0) is 9.47 Å². The van der Waals surface area contributed by atoms with Crippen LogP contribution in [0.4, 0.5) is 0 Å². The van der Waals surface area contributed by atoms with Gasteiger partial charge in [-0.1, -0.05) is 29.3 Å². The van der Waals surface area contributed by atoms with Crippen molar-refractivity contribution < 1.29 is 9.47 Å². The fourth-order valence-electron chi connectivity index (χ4n) is 3.92. The standard InChI is InChI=1S/C15H10Cl2N4O2/c16-8-1-2-9(10(17)5-8)11-13(6-18)12(20)21-15(14(11,13)7-19)22-3-4-23-15/h1-2,5,11H,3-4H2,(H2,20,21)/t11-,13-,14-/m1/s1. The normalized spacial score (nSPS) is 36.2. The van der Waals surface area contributed by atoms with Crippen molar-refractivity contribution in [3.8, 4) is 12.1 Å². The van der Waals surface area contributed by atoms with Crippen molar-refractivity contribution in [3.05, 3.63) is 33.8 Å². The molecule has 3 atom stereocenters. The van der Waals surface area contributed by atoms with Crippen LogP contribution in [0.3, 0.4) is 0 Å². The summed E-state index contributed by atoms with van der Waals surface area (Å²) in [6.07, 6.45) is 0. The molecule has 116 valence electrons. The Kier molecular flexibility index (Phi) is 2.80. The SMILES string of the molecule is N#C[C@@]12C(N)=NC3(OCCO3)[C@]1(C#N)[C@@H]2c1ccc(Cl)cc1Cl. The monoisotopic (exact) mass is 348 g/mol. The summed E-state index contributed by atoms with van der Waals surface area (Å²) in [4.78, 5) is 4.20. The number of fused-ring (bicyclic) bond motifs is 2. The number of rotatable bonds is 1. The van der Waals surface area contributed by atoms with Gasteiger partial charge < -0.3 is 15.2 Å². The zero-order chi connectivity index (χ0) is 16.5. The van der Waals surface area contributed by atoms with Gasteiger partial charge in [-0.2, -0.15) is 10.5 Å². The topological polar surface area (TPSA) is 104 Å². The molecule has 2 N–H and O–H groups in total. The first-order chi connectivity index (χ1) is 11.0. The van der Waals surface area contributed by atoms with E-state index in [1.165, 1.54) is 0 Å². The van der Waals surface area contributed by atoms with E-state index in [4.69, 9.17) is 38.4 Å². The molecule has 1 saturated carbocycles. The Morgan fingerprint density at radius 1 is 1.22 bits per heavy atom. The average molecular weight is 349 g/mol. The van der Waals surface area contributed by atoms with Gasteiger partial charge in [-0.15, -0.1) is 0 Å². The van der Waals surface area contributed by atoms with Gasteiger partial charge in [0, 0.05) is 16.0 Å². The second-order valence-electron chi connectivity index (χ2n) is 5.71. The van der Waals surface area contributed by atoms with E-state index in [1.54, 1.807) is 18.2 Å². The summed E-state index contributed by atoms with van der Waals surface area (Å²) in [5, 5.41) is 20.6. The molecule has 2 aliphatic heterocycles. The van der Waals surface area contributed by atoms with Crippen molar-refractivity contribution in [2.75, 3.05) is 13.2 Å². The van der Waals surface area contributed by atoms with Gasteiger partial charge in [0.25, 0.3) is 5.91 Å². The second kappa shape index (κ2) is 4.37. The third-order valence-electron chi connectivity index (χ3n) is 4.88. The Morgan fingerprint density at radius 2 is 1.91 bits per heavy atom. The zero-order valence-electron chi connectivity index (χ0n) is 11.7. The summed E-state index contributed by atoms with van der Waals surface area (Å²) >= 11 is 12.2. The Bertz CT molecular complexity index is 837. The molecule has 0 aromatic heterocycles. The van der Waals surface area contributed by atoms with Gasteiger partial charge in [-0.3, -0.25) is 0 Å². The molecule has 1 saturated heterocycles. The maximum atomic E-state index is 9.92. The number of halogens is 2. The van der Waals surface area contributed by atoms with E-state index in [9.17, 15) is 10.5 Å². The van der Waals surface area contributed by atoms with E-state index >= 15 is 0 Å². The molecule has 0 radical (unpaired) electrons. The molecule has 0 bridgehead atoms. The molecule has 6 nitrogen and oxygen atoms in total. The number of nitrogens with two attached hydrogens (primary N) is 1. The van der Waals surface area contributed by atoms with E-state index in [1.807, 2.05) is 0 Å². The summed E-state index contributed by atoms with van der Waals surface area (Å²) in [5.41, 5.74) is 3.97. The lowest BCUT2D eigenvalue weighted by molar-refractivity contribution is -0.184. The van der Waals surface area contributed by atoms with E-state index in [0.29, 0.717) is 15.6 Å². The van der Waals surface area contributed by atoms with Crippen molar-refractivity contribution in [2.45, 2.75) is 11.8 Å². The fourth-order valence-corrected chi connectivity index (χ4v) is 4.44. The summed E-state index contributed by atoms with van der Waals surface area (Å²) in [6, 6.07) is 9.29. The Labute approximate surface area is 142 Å². The summed E-state index contributed by atoms with van der Waals surface area (Å²) < 4.78 is 11.3. The first kappa shape index (κ1) is 14.7. The zero-order valence-corrected chi connectivity index (χ0v) is 13.2. The highest BCUT2D eigenvalue weighted by Crippen LogP contribution is 2.82. The number of benzene rings is 1. The van der Waals surface area contributed by atoms with E-state index in [0.717, 1.165) is 0 Å². The number of hydrogen-bond acceptors (Lipinski definition) is 6. The van der Waals surface area contributed by atoms with Crippen molar-refractivity contribution in [3.63, 3.8) is 0 Å². The summed E-state index contributed by atoms with van der Waals surface area (Å²) in [6.45, 7) is 0.561. The van der Waals surface area contributed by atoms with Crippen LogP contribution in [-0.4, -0.2) is 25.0 Å².